The Kier molecular flexibility index (Phi) is 6.38. The van der Waals surface area contributed by atoms with Crippen LogP contribution in [0.3, 0.4) is 0 Å². The van der Waals surface area contributed by atoms with E-state index in [9.17, 15) is 24.0 Å². The van der Waals surface area contributed by atoms with Crippen LogP contribution in [0.25, 0.3) is 0 Å². The fourth-order valence-electron chi connectivity index (χ4n) is 4.42. The lowest BCUT2D eigenvalue weighted by Crippen LogP contribution is -2.53. The summed E-state index contributed by atoms with van der Waals surface area (Å²) in [5, 5.41) is 0. The zero-order valence-corrected chi connectivity index (χ0v) is 17.5. The Labute approximate surface area is 175 Å². The van der Waals surface area contributed by atoms with Crippen LogP contribution in [0.5, 0.6) is 0 Å². The van der Waals surface area contributed by atoms with Gasteiger partial charge in [-0.2, -0.15) is 0 Å². The summed E-state index contributed by atoms with van der Waals surface area (Å²) < 4.78 is 0. The second kappa shape index (κ2) is 8.81. The maximum atomic E-state index is 12.9. The quantitative estimate of drug-likeness (QED) is 0.254. The molecule has 0 aromatic carbocycles. The van der Waals surface area contributed by atoms with Crippen molar-refractivity contribution in [1.29, 1.82) is 0 Å². The molecule has 0 unspecified atom stereocenters. The van der Waals surface area contributed by atoms with Crippen molar-refractivity contribution in [2.24, 2.45) is 0 Å². The van der Waals surface area contributed by atoms with E-state index in [4.69, 9.17) is 0 Å². The zero-order valence-electron chi connectivity index (χ0n) is 17.5. The van der Waals surface area contributed by atoms with Gasteiger partial charge in [-0.05, 0) is 19.3 Å². The molecule has 9 heteroatoms. The molecule has 3 rings (SSSR count). The Morgan fingerprint density at radius 3 is 2.23 bits per heavy atom. The molecule has 0 spiro atoms. The number of nitrogens with zero attached hydrogens (tertiary/aromatic N) is 4. The molecule has 2 bridgehead atoms. The number of likely N-dealkylation sites (tertiary alicyclic amines) is 2. The van der Waals surface area contributed by atoms with E-state index in [1.165, 1.54) is 6.08 Å². The van der Waals surface area contributed by atoms with E-state index >= 15 is 0 Å². The predicted molar refractivity (Wildman–Crippen MR) is 108 cm³/mol. The average Bonchev–Trinajstić information content (AvgIpc) is 3.39. The molecule has 0 aromatic heterocycles. The monoisotopic (exact) mass is 416 g/mol. The number of hydrogen-bond donors (Lipinski definition) is 0. The third-order valence-electron chi connectivity index (χ3n) is 5.81. The van der Waals surface area contributed by atoms with Crippen molar-refractivity contribution >= 4 is 29.7 Å². The SMILES string of the molecule is C=CCN1C(=O)C(=O)N(CC(=O)N2C[C@@H]3C[C@H]2CN3C(=O)/C(=C/CC)CCC)C1=O. The minimum absolute atomic E-state index is 0.0360. The summed E-state index contributed by atoms with van der Waals surface area (Å²) >= 11 is 0. The number of hydrogen-bond acceptors (Lipinski definition) is 5. The number of carbonyl (C=O) groups is 5. The number of imide groups is 2. The highest BCUT2D eigenvalue weighted by molar-refractivity contribution is 6.45. The third-order valence-corrected chi connectivity index (χ3v) is 5.81. The molecule has 30 heavy (non-hydrogen) atoms. The number of carbonyl (C=O) groups excluding carboxylic acids is 5. The minimum atomic E-state index is -0.995. The summed E-state index contributed by atoms with van der Waals surface area (Å²) in [6.45, 7) is 7.78. The van der Waals surface area contributed by atoms with Gasteiger partial charge in [0.05, 0.1) is 12.1 Å². The van der Waals surface area contributed by atoms with Gasteiger partial charge in [-0.3, -0.25) is 24.1 Å². The second-order valence-corrected chi connectivity index (χ2v) is 7.81. The van der Waals surface area contributed by atoms with Gasteiger partial charge in [0.15, 0.2) is 0 Å². The molecule has 0 radical (unpaired) electrons. The van der Waals surface area contributed by atoms with Crippen molar-refractivity contribution in [1.82, 2.24) is 19.6 Å². The predicted octanol–water partition coefficient (Wildman–Crippen LogP) is 0.911. The van der Waals surface area contributed by atoms with Gasteiger partial charge in [0, 0.05) is 25.2 Å². The summed E-state index contributed by atoms with van der Waals surface area (Å²) in [6, 6.07) is -0.996. The summed E-state index contributed by atoms with van der Waals surface area (Å²) in [5.41, 5.74) is 0.819. The maximum Gasteiger partial charge on any atom is 0.335 e. The molecule has 0 saturated carbocycles. The summed E-state index contributed by atoms with van der Waals surface area (Å²) in [7, 11) is 0. The van der Waals surface area contributed by atoms with Gasteiger partial charge in [-0.25, -0.2) is 9.69 Å². The first-order chi connectivity index (χ1) is 14.3. The van der Waals surface area contributed by atoms with Crippen LogP contribution in [0.1, 0.15) is 39.5 Å². The van der Waals surface area contributed by atoms with Crippen molar-refractivity contribution < 1.29 is 24.0 Å². The van der Waals surface area contributed by atoms with E-state index in [-0.39, 0.29) is 30.4 Å². The van der Waals surface area contributed by atoms with Gasteiger partial charge in [0.25, 0.3) is 0 Å². The topological polar surface area (TPSA) is 98.3 Å². The summed E-state index contributed by atoms with van der Waals surface area (Å²) in [5.74, 6) is -2.29. The Balaban J connectivity index is 1.62. The molecule has 3 saturated heterocycles. The molecule has 9 nitrogen and oxygen atoms in total. The van der Waals surface area contributed by atoms with Crippen LogP contribution in [0.4, 0.5) is 4.79 Å². The van der Waals surface area contributed by atoms with E-state index in [0.29, 0.717) is 24.4 Å². The lowest BCUT2D eigenvalue weighted by molar-refractivity contribution is -0.145. The van der Waals surface area contributed by atoms with Gasteiger partial charge in [-0.15, -0.1) is 6.58 Å². The highest BCUT2D eigenvalue weighted by atomic mass is 16.2. The highest BCUT2D eigenvalue weighted by Gasteiger charge is 2.50. The lowest BCUT2D eigenvalue weighted by Gasteiger charge is -2.35. The van der Waals surface area contributed by atoms with Gasteiger partial charge in [0.1, 0.15) is 6.54 Å². The van der Waals surface area contributed by atoms with E-state index in [1.807, 2.05) is 24.8 Å². The number of allylic oxidation sites excluding steroid dienone is 1. The van der Waals surface area contributed by atoms with Crippen LogP contribution in [0.2, 0.25) is 0 Å². The van der Waals surface area contributed by atoms with Gasteiger partial charge >= 0.3 is 17.8 Å². The number of urea groups is 1. The number of fused-ring (bicyclic) bond motifs is 2. The van der Waals surface area contributed by atoms with Gasteiger partial charge in [0.2, 0.25) is 11.8 Å². The molecular formula is C21H28N4O5. The third kappa shape index (κ3) is 3.76. The molecule has 0 aliphatic carbocycles. The molecule has 3 aliphatic rings. The standard InChI is InChI=1S/C21H28N4O5/c1-4-7-14(8-5-2)18(27)24-12-15-10-16(24)11-23(15)17(26)13-25-20(29)19(28)22(9-6-3)21(25)30/h6-7,15-16H,3-5,8-13H2,1-2H3/b14-7+/t15-,16-/m0/s1. The number of piperazine rings is 1. The molecule has 0 aromatic rings. The van der Waals surface area contributed by atoms with Crippen molar-refractivity contribution in [3.8, 4) is 0 Å². The van der Waals surface area contributed by atoms with E-state index in [0.717, 1.165) is 29.7 Å². The first kappa shape index (κ1) is 21.7. The lowest BCUT2D eigenvalue weighted by atomic mass is 10.1. The Morgan fingerprint density at radius 1 is 1.03 bits per heavy atom. The molecule has 3 aliphatic heterocycles. The molecule has 0 N–H and O–H groups in total. The first-order valence-electron chi connectivity index (χ1n) is 10.4. The van der Waals surface area contributed by atoms with Crippen molar-refractivity contribution in [2.45, 2.75) is 51.6 Å². The Bertz CT molecular complexity index is 820. The highest BCUT2D eigenvalue weighted by Crippen LogP contribution is 2.32. The van der Waals surface area contributed by atoms with Crippen LogP contribution in [-0.2, 0) is 19.2 Å². The molecule has 2 atom stereocenters. The van der Waals surface area contributed by atoms with E-state index < -0.39 is 24.4 Å². The normalized spacial score (nSPS) is 23.8. The van der Waals surface area contributed by atoms with Crippen LogP contribution in [0.15, 0.2) is 24.3 Å². The van der Waals surface area contributed by atoms with Crippen LogP contribution < -0.4 is 0 Å². The molecule has 3 fully saturated rings. The smallest absolute Gasteiger partial charge is 0.334 e. The van der Waals surface area contributed by atoms with E-state index in [1.54, 1.807) is 4.90 Å². The van der Waals surface area contributed by atoms with Crippen LogP contribution >= 0.6 is 0 Å². The number of amides is 6. The fraction of sp³-hybridized carbons (Fsp3) is 0.571. The van der Waals surface area contributed by atoms with Gasteiger partial charge < -0.3 is 9.80 Å². The van der Waals surface area contributed by atoms with Crippen LogP contribution in [-0.4, -0.2) is 87.5 Å². The van der Waals surface area contributed by atoms with Crippen molar-refractivity contribution in [3.05, 3.63) is 24.3 Å². The Hall–Kier alpha value is -2.97. The van der Waals surface area contributed by atoms with E-state index in [2.05, 4.69) is 6.58 Å². The van der Waals surface area contributed by atoms with Gasteiger partial charge in [-0.1, -0.05) is 32.4 Å². The molecule has 3 heterocycles. The second-order valence-electron chi connectivity index (χ2n) is 7.81. The molecule has 6 amide bonds. The first-order valence-corrected chi connectivity index (χ1v) is 10.4. The van der Waals surface area contributed by atoms with Crippen molar-refractivity contribution in [2.75, 3.05) is 26.2 Å². The summed E-state index contributed by atoms with van der Waals surface area (Å²) in [6.07, 6.45) is 6.43. The van der Waals surface area contributed by atoms with Crippen molar-refractivity contribution in [3.63, 3.8) is 0 Å². The fourth-order valence-corrected chi connectivity index (χ4v) is 4.42. The Morgan fingerprint density at radius 2 is 1.67 bits per heavy atom. The molecular weight excluding hydrogens is 388 g/mol. The number of rotatable bonds is 8. The largest absolute Gasteiger partial charge is 0.335 e. The summed E-state index contributed by atoms with van der Waals surface area (Å²) in [4.78, 5) is 66.9. The zero-order chi connectivity index (χ0) is 22.0. The maximum absolute atomic E-state index is 12.9. The minimum Gasteiger partial charge on any atom is -0.334 e. The molecule has 162 valence electrons. The average molecular weight is 416 g/mol. The van der Waals surface area contributed by atoms with Crippen LogP contribution in [0, 0.1) is 0 Å².